The normalized spacial score (nSPS) is 12.0. The average Bonchev–Trinajstić information content (AvgIpc) is 2.86. The van der Waals surface area contributed by atoms with Crippen LogP contribution in [0.5, 0.6) is 0 Å². The van der Waals surface area contributed by atoms with E-state index in [1.807, 2.05) is 6.92 Å². The maximum Gasteiger partial charge on any atom is 0.331 e. The highest BCUT2D eigenvalue weighted by Gasteiger charge is 2.20. The number of rotatable bonds is 6. The zero-order valence-electron chi connectivity index (χ0n) is 15.4. The fraction of sp³-hybridized carbons (Fsp3) is 0.278. The van der Waals surface area contributed by atoms with E-state index < -0.39 is 22.9 Å². The Kier molecular flexibility index (Phi) is 6.07. The van der Waals surface area contributed by atoms with Gasteiger partial charge in [-0.25, -0.2) is 4.79 Å². The van der Waals surface area contributed by atoms with Crippen LogP contribution in [0.3, 0.4) is 0 Å². The summed E-state index contributed by atoms with van der Waals surface area (Å²) in [6.45, 7) is 5.05. The molecule has 0 aliphatic heterocycles. The van der Waals surface area contributed by atoms with Gasteiger partial charge < -0.3 is 10.1 Å². The molecule has 9 heteroatoms. The molecule has 1 heterocycles. The van der Waals surface area contributed by atoms with E-state index in [-0.39, 0.29) is 5.69 Å². The summed E-state index contributed by atoms with van der Waals surface area (Å²) in [4.78, 5) is 34.2. The Balaban J connectivity index is 1.94. The number of nitro benzene ring substituents is 1. The molecule has 0 unspecified atom stereocenters. The van der Waals surface area contributed by atoms with Crippen LogP contribution < -0.4 is 5.32 Å². The molecule has 1 atom stereocenters. The van der Waals surface area contributed by atoms with Gasteiger partial charge in [0.1, 0.15) is 0 Å². The number of esters is 1. The fourth-order valence-electron chi connectivity index (χ4n) is 2.32. The maximum atomic E-state index is 12.2. The minimum atomic E-state index is -1.00. The van der Waals surface area contributed by atoms with E-state index in [0.29, 0.717) is 16.9 Å². The van der Waals surface area contributed by atoms with Crippen LogP contribution in [-0.4, -0.2) is 32.7 Å². The zero-order valence-corrected chi connectivity index (χ0v) is 15.4. The van der Waals surface area contributed by atoms with Crippen molar-refractivity contribution in [2.75, 3.05) is 5.32 Å². The Bertz CT molecular complexity index is 899. The summed E-state index contributed by atoms with van der Waals surface area (Å²) in [6, 6.07) is 5.68. The minimum absolute atomic E-state index is 0.0407. The van der Waals surface area contributed by atoms with Crippen molar-refractivity contribution in [2.45, 2.75) is 26.9 Å². The number of carbonyl (C=O) groups excluding carboxylic acids is 2. The van der Waals surface area contributed by atoms with Crippen molar-refractivity contribution in [1.29, 1.82) is 0 Å². The van der Waals surface area contributed by atoms with E-state index in [2.05, 4.69) is 10.4 Å². The molecule has 0 aliphatic carbocycles. The van der Waals surface area contributed by atoms with Gasteiger partial charge in [0.25, 0.3) is 11.6 Å². The first-order valence-corrected chi connectivity index (χ1v) is 8.13. The van der Waals surface area contributed by atoms with E-state index in [4.69, 9.17) is 4.74 Å². The van der Waals surface area contributed by atoms with E-state index in [0.717, 1.165) is 11.8 Å². The van der Waals surface area contributed by atoms with Gasteiger partial charge in [-0.2, -0.15) is 5.10 Å². The van der Waals surface area contributed by atoms with Crippen LogP contribution in [0.4, 0.5) is 11.4 Å². The van der Waals surface area contributed by atoms with Crippen LogP contribution in [0.2, 0.25) is 0 Å². The molecule has 1 aromatic heterocycles. The highest BCUT2D eigenvalue weighted by molar-refractivity contribution is 5.97. The molecule has 0 saturated heterocycles. The van der Waals surface area contributed by atoms with Crippen molar-refractivity contribution in [3.63, 3.8) is 0 Å². The van der Waals surface area contributed by atoms with Gasteiger partial charge in [0, 0.05) is 25.3 Å². The first-order chi connectivity index (χ1) is 12.7. The standard InChI is InChI=1S/C18H20N4O5/c1-11-17(12(2)21(4)20-11)19-18(24)13(3)27-16(23)10-7-14-5-8-15(9-6-14)22(25)26/h5-10,13H,1-4H3,(H,19,24)/b10-7+/t13-/m1/s1. The van der Waals surface area contributed by atoms with Crippen LogP contribution in [0.15, 0.2) is 30.3 Å². The number of anilines is 1. The van der Waals surface area contributed by atoms with Gasteiger partial charge in [0.05, 0.1) is 22.0 Å². The number of non-ortho nitro benzene ring substituents is 1. The summed E-state index contributed by atoms with van der Waals surface area (Å²) in [5.41, 5.74) is 2.60. The summed E-state index contributed by atoms with van der Waals surface area (Å²) in [6.07, 6.45) is 1.61. The molecule has 27 heavy (non-hydrogen) atoms. The SMILES string of the molecule is Cc1nn(C)c(C)c1NC(=O)[C@@H](C)OC(=O)/C=C/c1ccc([N+](=O)[O-])cc1. The number of hydrogen-bond acceptors (Lipinski definition) is 6. The average molecular weight is 372 g/mol. The zero-order chi connectivity index (χ0) is 20.1. The molecule has 1 N–H and O–H groups in total. The van der Waals surface area contributed by atoms with Crippen LogP contribution >= 0.6 is 0 Å². The Hall–Kier alpha value is -3.49. The highest BCUT2D eigenvalue weighted by atomic mass is 16.6. The van der Waals surface area contributed by atoms with Gasteiger partial charge in [0.2, 0.25) is 0 Å². The maximum absolute atomic E-state index is 12.2. The van der Waals surface area contributed by atoms with Crippen molar-refractivity contribution in [1.82, 2.24) is 9.78 Å². The van der Waals surface area contributed by atoms with Gasteiger partial charge in [-0.15, -0.1) is 0 Å². The summed E-state index contributed by atoms with van der Waals surface area (Å²) in [5, 5.41) is 17.5. The topological polar surface area (TPSA) is 116 Å². The molecule has 2 rings (SSSR count). The van der Waals surface area contributed by atoms with Crippen LogP contribution in [0, 0.1) is 24.0 Å². The Morgan fingerprint density at radius 1 is 1.30 bits per heavy atom. The molecule has 9 nitrogen and oxygen atoms in total. The number of nitro groups is 1. The lowest BCUT2D eigenvalue weighted by Crippen LogP contribution is -2.29. The molecule has 0 bridgehead atoms. The Labute approximate surface area is 155 Å². The summed E-state index contributed by atoms with van der Waals surface area (Å²) in [5.74, 6) is -1.16. The summed E-state index contributed by atoms with van der Waals surface area (Å²) < 4.78 is 6.73. The number of carbonyl (C=O) groups is 2. The van der Waals surface area contributed by atoms with E-state index in [1.165, 1.54) is 37.3 Å². The third-order valence-electron chi connectivity index (χ3n) is 3.94. The largest absolute Gasteiger partial charge is 0.449 e. The quantitative estimate of drug-likeness (QED) is 0.360. The van der Waals surface area contributed by atoms with Crippen molar-refractivity contribution in [3.8, 4) is 0 Å². The van der Waals surface area contributed by atoms with Crippen molar-refractivity contribution >= 4 is 29.3 Å². The van der Waals surface area contributed by atoms with Gasteiger partial charge in [-0.05, 0) is 44.5 Å². The van der Waals surface area contributed by atoms with Crippen LogP contribution in [0.25, 0.3) is 6.08 Å². The van der Waals surface area contributed by atoms with Crippen LogP contribution in [0.1, 0.15) is 23.9 Å². The van der Waals surface area contributed by atoms with E-state index in [1.54, 1.807) is 18.7 Å². The molecule has 1 aromatic carbocycles. The molecule has 0 fully saturated rings. The van der Waals surface area contributed by atoms with Gasteiger partial charge in [-0.3, -0.25) is 19.6 Å². The number of aryl methyl sites for hydroxylation is 2. The molecule has 0 spiro atoms. The number of benzene rings is 1. The smallest absolute Gasteiger partial charge is 0.331 e. The lowest BCUT2D eigenvalue weighted by atomic mass is 10.2. The van der Waals surface area contributed by atoms with Crippen molar-refractivity contribution in [2.24, 2.45) is 7.05 Å². The summed E-state index contributed by atoms with van der Waals surface area (Å²) >= 11 is 0. The Morgan fingerprint density at radius 2 is 1.93 bits per heavy atom. The van der Waals surface area contributed by atoms with Gasteiger partial charge >= 0.3 is 5.97 Å². The highest BCUT2D eigenvalue weighted by Crippen LogP contribution is 2.19. The van der Waals surface area contributed by atoms with Gasteiger partial charge in [0.15, 0.2) is 6.10 Å². The number of amides is 1. The van der Waals surface area contributed by atoms with Crippen molar-refractivity contribution in [3.05, 3.63) is 57.4 Å². The van der Waals surface area contributed by atoms with E-state index in [9.17, 15) is 19.7 Å². The predicted octanol–water partition coefficient (Wildman–Crippen LogP) is 2.53. The first kappa shape index (κ1) is 19.8. The number of ether oxygens (including phenoxy) is 1. The lowest BCUT2D eigenvalue weighted by Gasteiger charge is -2.12. The monoisotopic (exact) mass is 372 g/mol. The molecule has 2 aromatic rings. The molecule has 142 valence electrons. The number of aromatic nitrogens is 2. The number of nitrogens with one attached hydrogen (secondary N) is 1. The van der Waals surface area contributed by atoms with E-state index >= 15 is 0 Å². The Morgan fingerprint density at radius 3 is 2.44 bits per heavy atom. The second-order valence-electron chi connectivity index (χ2n) is 5.92. The molecule has 0 radical (unpaired) electrons. The third-order valence-corrected chi connectivity index (χ3v) is 3.94. The number of hydrogen-bond donors (Lipinski definition) is 1. The molecular formula is C18H20N4O5. The second-order valence-corrected chi connectivity index (χ2v) is 5.92. The van der Waals surface area contributed by atoms with Gasteiger partial charge in [-0.1, -0.05) is 0 Å². The second kappa shape index (κ2) is 8.26. The lowest BCUT2D eigenvalue weighted by molar-refractivity contribution is -0.384. The van der Waals surface area contributed by atoms with Crippen molar-refractivity contribution < 1.29 is 19.2 Å². The predicted molar refractivity (Wildman–Crippen MR) is 99.0 cm³/mol. The molecule has 1 amide bonds. The fourth-order valence-corrected chi connectivity index (χ4v) is 2.32. The molecule has 0 aliphatic rings. The summed E-state index contributed by atoms with van der Waals surface area (Å²) in [7, 11) is 1.77. The molecular weight excluding hydrogens is 352 g/mol. The molecule has 0 saturated carbocycles. The third kappa shape index (κ3) is 5.00. The first-order valence-electron chi connectivity index (χ1n) is 8.13. The number of nitrogens with zero attached hydrogens (tertiary/aromatic N) is 3. The van der Waals surface area contributed by atoms with Crippen LogP contribution in [-0.2, 0) is 21.4 Å². The minimum Gasteiger partial charge on any atom is -0.449 e.